The molecule has 0 saturated carbocycles. The predicted molar refractivity (Wildman–Crippen MR) is 159 cm³/mol. The molecule has 0 amide bonds. The molecule has 1 aliphatic rings. The van der Waals surface area contributed by atoms with E-state index in [4.69, 9.17) is 4.84 Å². The Hall–Kier alpha value is -2.34. The topological polar surface area (TPSA) is 57.4 Å². The van der Waals surface area contributed by atoms with Crippen LogP contribution in [0.2, 0.25) is 0 Å². The highest BCUT2D eigenvalue weighted by Gasteiger charge is 2.38. The van der Waals surface area contributed by atoms with Gasteiger partial charge in [-0.05, 0) is 47.3 Å². The predicted octanol–water partition coefficient (Wildman–Crippen LogP) is 7.64. The van der Waals surface area contributed by atoms with E-state index in [1.165, 1.54) is 5.56 Å². The molecule has 0 unspecified atom stereocenters. The molecule has 0 radical (unpaired) electrons. The van der Waals surface area contributed by atoms with Crippen molar-refractivity contribution < 1.29 is 9.94 Å². The third-order valence-corrected chi connectivity index (χ3v) is 7.69. The Kier molecular flexibility index (Phi) is 9.49. The van der Waals surface area contributed by atoms with Crippen molar-refractivity contribution in [1.29, 1.82) is 0 Å². The number of benzene rings is 2. The molecule has 2 aromatic carbocycles. The number of rotatable bonds is 8. The maximum Gasteiger partial charge on any atom is 0.123 e. The molecular weight excluding hydrogens is 526 g/mol. The molecule has 202 valence electrons. The minimum Gasteiger partial charge on any atom is -0.507 e. The number of halogens is 1. The molecule has 1 heterocycles. The van der Waals surface area contributed by atoms with Gasteiger partial charge in [-0.2, -0.15) is 4.02 Å². The number of aromatic hydroxyl groups is 1. The van der Waals surface area contributed by atoms with Crippen LogP contribution < -0.4 is 0 Å². The lowest BCUT2D eigenvalue weighted by molar-refractivity contribution is 0.212. The van der Waals surface area contributed by atoms with Crippen molar-refractivity contribution >= 4 is 27.7 Å². The first kappa shape index (κ1) is 29.2. The summed E-state index contributed by atoms with van der Waals surface area (Å²) >= 11 is 3.46. The third-order valence-electron chi connectivity index (χ3n) is 7.33. The summed E-state index contributed by atoms with van der Waals surface area (Å²) in [6.07, 6.45) is 3.25. The highest BCUT2D eigenvalue weighted by molar-refractivity contribution is 9.08. The second-order valence-electron chi connectivity index (χ2n) is 12.3. The van der Waals surface area contributed by atoms with E-state index >= 15 is 0 Å². The highest BCUT2D eigenvalue weighted by atomic mass is 79.9. The molecule has 6 heteroatoms. The van der Waals surface area contributed by atoms with E-state index in [0.717, 1.165) is 54.0 Å². The van der Waals surface area contributed by atoms with E-state index < -0.39 is 0 Å². The molecule has 0 bridgehead atoms. The van der Waals surface area contributed by atoms with Gasteiger partial charge in [-0.25, -0.2) is 0 Å². The second kappa shape index (κ2) is 12.0. The number of nitrogens with zero attached hydrogens (tertiary/aromatic N) is 3. The van der Waals surface area contributed by atoms with Gasteiger partial charge < -0.3 is 14.8 Å². The van der Waals surface area contributed by atoms with Crippen molar-refractivity contribution in [3.63, 3.8) is 0 Å². The van der Waals surface area contributed by atoms with Gasteiger partial charge in [0.2, 0.25) is 0 Å². The maximum absolute atomic E-state index is 11.2. The third kappa shape index (κ3) is 6.95. The van der Waals surface area contributed by atoms with Gasteiger partial charge >= 0.3 is 0 Å². The van der Waals surface area contributed by atoms with Gasteiger partial charge in [0.1, 0.15) is 24.4 Å². The van der Waals surface area contributed by atoms with Gasteiger partial charge in [-0.15, -0.1) is 0 Å². The monoisotopic (exact) mass is 569 g/mol. The molecule has 2 atom stereocenters. The van der Waals surface area contributed by atoms with Crippen LogP contribution in [0.5, 0.6) is 5.75 Å². The van der Waals surface area contributed by atoms with Crippen LogP contribution in [0.1, 0.15) is 83.6 Å². The number of phenols is 1. The molecule has 1 N–H and O–H groups in total. The second-order valence-corrected chi connectivity index (χ2v) is 12.7. The molecule has 1 saturated heterocycles. The van der Waals surface area contributed by atoms with E-state index in [9.17, 15) is 5.11 Å². The minimum absolute atomic E-state index is 0.221. The standard InChI is InChI=1S/C31H44BrN3O2/c1-9-13-22-19-35(29(33-32)24(22)16-21-14-11-10-12-15-21)20-27(34-37-8)23-17-25(30(2,3)4)28(36)26(18-23)31(5,6)7/h10-12,14-15,17-18,22,24,36H,9,13,16,19-20H2,1-8H3/b33-29?,34-27-/t22-,24+/m0/s1. The van der Waals surface area contributed by atoms with Crippen LogP contribution in [-0.2, 0) is 22.1 Å². The van der Waals surface area contributed by atoms with Crippen molar-refractivity contribution in [2.24, 2.45) is 21.0 Å². The average Bonchev–Trinajstić information content (AvgIpc) is 3.13. The van der Waals surface area contributed by atoms with Gasteiger partial charge in [0.15, 0.2) is 0 Å². The molecule has 3 rings (SSSR count). The summed E-state index contributed by atoms with van der Waals surface area (Å²) in [6.45, 7) is 16.5. The Labute approximate surface area is 232 Å². The molecule has 0 aliphatic carbocycles. The maximum atomic E-state index is 11.2. The Morgan fingerprint density at radius 1 is 1.05 bits per heavy atom. The zero-order chi connectivity index (χ0) is 27.4. The highest BCUT2D eigenvalue weighted by Crippen LogP contribution is 2.40. The summed E-state index contributed by atoms with van der Waals surface area (Å²) in [7, 11) is 1.59. The summed E-state index contributed by atoms with van der Waals surface area (Å²) in [5, 5.41) is 15.7. The van der Waals surface area contributed by atoms with Crippen molar-refractivity contribution in [1.82, 2.24) is 4.90 Å². The molecule has 2 aromatic rings. The fourth-order valence-corrected chi connectivity index (χ4v) is 5.90. The van der Waals surface area contributed by atoms with Crippen LogP contribution in [0.4, 0.5) is 0 Å². The summed E-state index contributed by atoms with van der Waals surface area (Å²) in [6, 6.07) is 14.8. The van der Waals surface area contributed by atoms with E-state index in [0.29, 0.717) is 24.1 Å². The van der Waals surface area contributed by atoms with E-state index in [-0.39, 0.29) is 10.8 Å². The first-order valence-electron chi connectivity index (χ1n) is 13.4. The van der Waals surface area contributed by atoms with Crippen molar-refractivity contribution in [2.45, 2.75) is 78.6 Å². The first-order chi connectivity index (χ1) is 17.4. The number of oxime groups is 1. The Bertz CT molecular complexity index is 1080. The quantitative estimate of drug-likeness (QED) is 0.262. The molecule has 37 heavy (non-hydrogen) atoms. The molecule has 5 nitrogen and oxygen atoms in total. The largest absolute Gasteiger partial charge is 0.507 e. The van der Waals surface area contributed by atoms with Crippen molar-refractivity contribution in [2.75, 3.05) is 20.2 Å². The van der Waals surface area contributed by atoms with Crippen LogP contribution in [-0.4, -0.2) is 41.8 Å². The van der Waals surface area contributed by atoms with Gasteiger partial charge in [0.05, 0.1) is 22.7 Å². The Morgan fingerprint density at radius 3 is 2.14 bits per heavy atom. The molecular formula is C31H44BrN3O2. The van der Waals surface area contributed by atoms with E-state index in [2.05, 4.69) is 121 Å². The van der Waals surface area contributed by atoms with Crippen molar-refractivity contribution in [3.05, 3.63) is 64.7 Å². The smallest absolute Gasteiger partial charge is 0.123 e. The molecule has 1 fully saturated rings. The fourth-order valence-electron chi connectivity index (χ4n) is 5.41. The van der Waals surface area contributed by atoms with Crippen LogP contribution in [0.15, 0.2) is 51.6 Å². The Morgan fingerprint density at radius 2 is 1.65 bits per heavy atom. The lowest BCUT2D eigenvalue weighted by atomic mass is 9.78. The van der Waals surface area contributed by atoms with Gasteiger partial charge in [-0.3, -0.25) is 0 Å². The molecule has 0 spiro atoms. The fraction of sp³-hybridized carbons (Fsp3) is 0.548. The molecule has 0 aromatic heterocycles. The summed E-state index contributed by atoms with van der Waals surface area (Å²) in [5.74, 6) is 2.29. The zero-order valence-electron chi connectivity index (χ0n) is 23.8. The Balaban J connectivity index is 2.02. The summed E-state index contributed by atoms with van der Waals surface area (Å²) in [4.78, 5) is 7.71. The average molecular weight is 571 g/mol. The van der Waals surface area contributed by atoms with Gasteiger partial charge in [-0.1, -0.05) is 90.4 Å². The number of phenolic OH excluding ortho intramolecular Hbond substituents is 1. The number of hydrogen-bond donors (Lipinski definition) is 1. The lowest BCUT2D eigenvalue weighted by Crippen LogP contribution is -2.34. The number of amidine groups is 1. The number of likely N-dealkylation sites (tertiary alicyclic amines) is 1. The van der Waals surface area contributed by atoms with E-state index in [1.54, 1.807) is 7.11 Å². The lowest BCUT2D eigenvalue weighted by Gasteiger charge is -2.29. The van der Waals surface area contributed by atoms with Crippen LogP contribution in [0, 0.1) is 11.8 Å². The van der Waals surface area contributed by atoms with Gasteiger partial charge in [0.25, 0.3) is 0 Å². The van der Waals surface area contributed by atoms with Crippen LogP contribution in [0.3, 0.4) is 0 Å². The van der Waals surface area contributed by atoms with E-state index in [1.807, 2.05) is 0 Å². The zero-order valence-corrected chi connectivity index (χ0v) is 25.4. The normalized spacial score (nSPS) is 20.1. The van der Waals surface area contributed by atoms with Crippen LogP contribution in [0.25, 0.3) is 0 Å². The van der Waals surface area contributed by atoms with Crippen LogP contribution >= 0.6 is 16.1 Å². The summed E-state index contributed by atoms with van der Waals surface area (Å²) < 4.78 is 4.63. The van der Waals surface area contributed by atoms with Crippen molar-refractivity contribution in [3.8, 4) is 5.75 Å². The SMILES string of the molecule is CCC[C@H]1CN(C/C(=N/OC)c2cc(C(C)(C)C)c(O)c(C(C)(C)C)c2)C(=NBr)[C@@H]1Cc1ccccc1. The first-order valence-corrected chi connectivity index (χ1v) is 14.1. The number of hydrogen-bond acceptors (Lipinski definition) is 4. The molecule has 1 aliphatic heterocycles. The summed E-state index contributed by atoms with van der Waals surface area (Å²) in [5.41, 5.74) is 4.53. The van der Waals surface area contributed by atoms with Gasteiger partial charge in [0, 0.05) is 29.2 Å². The minimum atomic E-state index is -0.221.